The third-order valence-corrected chi connectivity index (χ3v) is 6.13. The lowest BCUT2D eigenvalue weighted by atomic mass is 10.2. The van der Waals surface area contributed by atoms with Gasteiger partial charge in [0.25, 0.3) is 15.9 Å². The molecule has 0 aromatic heterocycles. The van der Waals surface area contributed by atoms with Crippen molar-refractivity contribution >= 4 is 33.2 Å². The summed E-state index contributed by atoms with van der Waals surface area (Å²) in [7, 11) is -1.00. The van der Waals surface area contributed by atoms with Crippen LogP contribution in [0.5, 0.6) is 11.5 Å². The van der Waals surface area contributed by atoms with E-state index in [1.807, 2.05) is 0 Å². The number of nitrogens with one attached hydrogen (secondary N) is 3. The molecule has 0 spiro atoms. The first kappa shape index (κ1) is 24.6. The largest absolute Gasteiger partial charge is 0.496 e. The normalized spacial score (nSPS) is 10.8. The predicted octanol–water partition coefficient (Wildman–Crippen LogP) is 3.26. The fourth-order valence-electron chi connectivity index (χ4n) is 3.11. The van der Waals surface area contributed by atoms with Crippen molar-refractivity contribution in [2.45, 2.75) is 11.3 Å². The molecule has 0 aliphatic rings. The van der Waals surface area contributed by atoms with Gasteiger partial charge in [-0.3, -0.25) is 14.3 Å². The van der Waals surface area contributed by atoms with Gasteiger partial charge in [0.15, 0.2) is 0 Å². The van der Waals surface area contributed by atoms with Crippen LogP contribution in [0.15, 0.2) is 77.7 Å². The second-order valence-corrected chi connectivity index (χ2v) is 8.77. The van der Waals surface area contributed by atoms with Crippen molar-refractivity contribution in [3.8, 4) is 11.5 Å². The van der Waals surface area contributed by atoms with Gasteiger partial charge in [0.05, 0.1) is 30.4 Å². The minimum Gasteiger partial charge on any atom is -0.496 e. The Bertz CT molecular complexity index is 1280. The summed E-state index contributed by atoms with van der Waals surface area (Å²) in [6.45, 7) is 0.0933. The summed E-state index contributed by atoms with van der Waals surface area (Å²) < 4.78 is 38.4. The number of hydrogen-bond acceptors (Lipinski definition) is 6. The number of ether oxygens (including phenoxy) is 2. The number of hydrogen-bond donors (Lipinski definition) is 3. The maximum absolute atomic E-state index is 12.8. The standard InChI is InChI=1S/C24H25N3O6S/c1-32-21-12-5-3-10-19(21)24(29)25-15-14-23(28)26-17-8-7-9-18(16-17)34(30,31)27-20-11-4-6-13-22(20)33-2/h3-13,16,27H,14-15H2,1-2H3,(H,25,29)(H,26,28). The Balaban J connectivity index is 1.59. The highest BCUT2D eigenvalue weighted by atomic mass is 32.2. The summed E-state index contributed by atoms with van der Waals surface area (Å²) in [6.07, 6.45) is -0.00265. The van der Waals surface area contributed by atoms with Gasteiger partial charge in [-0.05, 0) is 42.5 Å². The number of para-hydroxylation sites is 3. The van der Waals surface area contributed by atoms with Crippen LogP contribution < -0.4 is 24.8 Å². The Morgan fingerprint density at radius 1 is 0.853 bits per heavy atom. The first-order valence-corrected chi connectivity index (χ1v) is 11.8. The minimum absolute atomic E-state index is 0.00265. The summed E-state index contributed by atoms with van der Waals surface area (Å²) in [6, 6.07) is 19.3. The third kappa shape index (κ3) is 6.26. The molecular formula is C24H25N3O6S. The molecule has 3 aromatic carbocycles. The summed E-state index contributed by atoms with van der Waals surface area (Å²) >= 11 is 0. The topological polar surface area (TPSA) is 123 Å². The van der Waals surface area contributed by atoms with Gasteiger partial charge in [0.1, 0.15) is 11.5 Å². The number of anilines is 2. The molecule has 0 saturated heterocycles. The molecule has 3 aromatic rings. The van der Waals surface area contributed by atoms with Crippen molar-refractivity contribution in [3.05, 3.63) is 78.4 Å². The monoisotopic (exact) mass is 483 g/mol. The van der Waals surface area contributed by atoms with Gasteiger partial charge in [-0.2, -0.15) is 0 Å². The highest BCUT2D eigenvalue weighted by molar-refractivity contribution is 7.92. The number of rotatable bonds is 10. The zero-order valence-corrected chi connectivity index (χ0v) is 19.5. The molecule has 0 bridgehead atoms. The second-order valence-electron chi connectivity index (χ2n) is 7.09. The van der Waals surface area contributed by atoms with Crippen molar-refractivity contribution in [2.24, 2.45) is 0 Å². The molecule has 10 heteroatoms. The SMILES string of the molecule is COc1ccccc1NS(=O)(=O)c1cccc(NC(=O)CCNC(=O)c2ccccc2OC)c1. The van der Waals surface area contributed by atoms with Gasteiger partial charge in [-0.15, -0.1) is 0 Å². The molecule has 0 radical (unpaired) electrons. The van der Waals surface area contributed by atoms with E-state index >= 15 is 0 Å². The van der Waals surface area contributed by atoms with Crippen LogP contribution in [0.1, 0.15) is 16.8 Å². The van der Waals surface area contributed by atoms with Crippen LogP contribution in [-0.2, 0) is 14.8 Å². The first-order chi connectivity index (χ1) is 16.3. The second kappa shape index (κ2) is 11.2. The number of benzene rings is 3. The molecular weight excluding hydrogens is 458 g/mol. The highest BCUT2D eigenvalue weighted by Gasteiger charge is 2.17. The maximum atomic E-state index is 12.8. The molecule has 0 unspecified atom stereocenters. The number of amides is 2. The molecule has 9 nitrogen and oxygen atoms in total. The average molecular weight is 484 g/mol. The van der Waals surface area contributed by atoms with Gasteiger partial charge in [-0.1, -0.05) is 30.3 Å². The molecule has 0 atom stereocenters. The molecule has 0 saturated carbocycles. The molecule has 0 aliphatic carbocycles. The summed E-state index contributed by atoms with van der Waals surface area (Å²) in [5.74, 6) is 0.0724. The van der Waals surface area contributed by atoms with E-state index in [-0.39, 0.29) is 29.7 Å². The maximum Gasteiger partial charge on any atom is 0.262 e. The first-order valence-electron chi connectivity index (χ1n) is 10.3. The zero-order chi connectivity index (χ0) is 24.6. The Morgan fingerprint density at radius 2 is 1.53 bits per heavy atom. The fourth-order valence-corrected chi connectivity index (χ4v) is 4.23. The quantitative estimate of drug-likeness (QED) is 0.407. The summed E-state index contributed by atoms with van der Waals surface area (Å²) in [5.41, 5.74) is 0.972. The molecule has 34 heavy (non-hydrogen) atoms. The van der Waals surface area contributed by atoms with Crippen molar-refractivity contribution in [3.63, 3.8) is 0 Å². The Hall–Kier alpha value is -4.05. The predicted molar refractivity (Wildman–Crippen MR) is 129 cm³/mol. The van der Waals surface area contributed by atoms with Crippen LogP contribution in [0.3, 0.4) is 0 Å². The molecule has 0 fully saturated rings. The average Bonchev–Trinajstić information content (AvgIpc) is 2.84. The van der Waals surface area contributed by atoms with E-state index in [0.29, 0.717) is 28.4 Å². The lowest BCUT2D eigenvalue weighted by Gasteiger charge is -2.13. The van der Waals surface area contributed by atoms with Crippen molar-refractivity contribution in [1.29, 1.82) is 0 Å². The van der Waals surface area contributed by atoms with Crippen LogP contribution in [0, 0.1) is 0 Å². The van der Waals surface area contributed by atoms with E-state index in [4.69, 9.17) is 9.47 Å². The van der Waals surface area contributed by atoms with Gasteiger partial charge in [0.2, 0.25) is 5.91 Å². The molecule has 2 amide bonds. The lowest BCUT2D eigenvalue weighted by molar-refractivity contribution is -0.116. The molecule has 3 N–H and O–H groups in total. The number of carbonyl (C=O) groups excluding carboxylic acids is 2. The van der Waals surface area contributed by atoms with Gasteiger partial charge in [-0.25, -0.2) is 8.42 Å². The Kier molecular flexibility index (Phi) is 8.10. The van der Waals surface area contributed by atoms with Crippen LogP contribution in [0.25, 0.3) is 0 Å². The van der Waals surface area contributed by atoms with E-state index < -0.39 is 10.0 Å². The zero-order valence-electron chi connectivity index (χ0n) is 18.7. The number of methoxy groups -OCH3 is 2. The van der Waals surface area contributed by atoms with E-state index in [2.05, 4.69) is 15.4 Å². The summed E-state index contributed by atoms with van der Waals surface area (Å²) in [5, 5.41) is 5.31. The van der Waals surface area contributed by atoms with Crippen molar-refractivity contribution in [1.82, 2.24) is 5.32 Å². The summed E-state index contributed by atoms with van der Waals surface area (Å²) in [4.78, 5) is 24.6. The van der Waals surface area contributed by atoms with Crippen LogP contribution in [-0.4, -0.2) is 41.0 Å². The minimum atomic E-state index is -3.92. The molecule has 3 rings (SSSR count). The van der Waals surface area contributed by atoms with E-state index in [1.54, 1.807) is 54.6 Å². The molecule has 0 heterocycles. The van der Waals surface area contributed by atoms with Crippen molar-refractivity contribution in [2.75, 3.05) is 30.8 Å². The van der Waals surface area contributed by atoms with Gasteiger partial charge < -0.3 is 20.1 Å². The molecule has 178 valence electrons. The fraction of sp³-hybridized carbons (Fsp3) is 0.167. The third-order valence-electron chi connectivity index (χ3n) is 4.77. The lowest BCUT2D eigenvalue weighted by Crippen LogP contribution is -2.28. The Labute approximate surface area is 198 Å². The van der Waals surface area contributed by atoms with Crippen LogP contribution in [0.2, 0.25) is 0 Å². The van der Waals surface area contributed by atoms with Crippen LogP contribution >= 0.6 is 0 Å². The van der Waals surface area contributed by atoms with E-state index in [9.17, 15) is 18.0 Å². The van der Waals surface area contributed by atoms with E-state index in [1.165, 1.54) is 32.4 Å². The van der Waals surface area contributed by atoms with Gasteiger partial charge in [0, 0.05) is 18.7 Å². The number of carbonyl (C=O) groups is 2. The van der Waals surface area contributed by atoms with E-state index in [0.717, 1.165) is 0 Å². The van der Waals surface area contributed by atoms with Crippen molar-refractivity contribution < 1.29 is 27.5 Å². The smallest absolute Gasteiger partial charge is 0.262 e. The number of sulfonamides is 1. The Morgan fingerprint density at radius 3 is 2.26 bits per heavy atom. The molecule has 0 aliphatic heterocycles. The highest BCUT2D eigenvalue weighted by Crippen LogP contribution is 2.27. The van der Waals surface area contributed by atoms with Crippen LogP contribution in [0.4, 0.5) is 11.4 Å². The van der Waals surface area contributed by atoms with Gasteiger partial charge >= 0.3 is 0 Å².